The molecule has 5 heteroatoms. The van der Waals surface area contributed by atoms with E-state index in [2.05, 4.69) is 0 Å². The van der Waals surface area contributed by atoms with Gasteiger partial charge in [-0.1, -0.05) is 18.2 Å². The second kappa shape index (κ2) is 7.47. The van der Waals surface area contributed by atoms with Gasteiger partial charge in [0.15, 0.2) is 17.6 Å². The molecular formula is C20H22O5. The number of fused-ring (bicyclic) bond motifs is 1. The minimum atomic E-state index is -0.526. The van der Waals surface area contributed by atoms with Crippen LogP contribution in [0.1, 0.15) is 36.6 Å². The number of rotatable bonds is 6. The van der Waals surface area contributed by atoms with Crippen LogP contribution in [0.3, 0.4) is 0 Å². The van der Waals surface area contributed by atoms with E-state index in [1.54, 1.807) is 7.11 Å². The molecular weight excluding hydrogens is 320 g/mol. The smallest absolute Gasteiger partial charge is 0.311 e. The van der Waals surface area contributed by atoms with Gasteiger partial charge in [-0.2, -0.15) is 0 Å². The van der Waals surface area contributed by atoms with Gasteiger partial charge in [-0.05, 0) is 37.6 Å². The first kappa shape index (κ1) is 17.1. The van der Waals surface area contributed by atoms with E-state index in [0.29, 0.717) is 30.5 Å². The molecule has 0 bridgehead atoms. The number of ether oxygens (including phenoxy) is 4. The maximum absolute atomic E-state index is 12.2. The van der Waals surface area contributed by atoms with Gasteiger partial charge in [-0.3, -0.25) is 4.79 Å². The molecule has 1 aliphatic heterocycles. The maximum Gasteiger partial charge on any atom is 0.311 e. The maximum atomic E-state index is 12.2. The third-order valence-corrected chi connectivity index (χ3v) is 4.09. The van der Waals surface area contributed by atoms with Gasteiger partial charge in [-0.15, -0.1) is 0 Å². The Bertz CT molecular complexity index is 769. The van der Waals surface area contributed by atoms with Gasteiger partial charge in [0, 0.05) is 11.1 Å². The van der Waals surface area contributed by atoms with Gasteiger partial charge < -0.3 is 18.9 Å². The molecule has 5 nitrogen and oxygen atoms in total. The zero-order valence-corrected chi connectivity index (χ0v) is 14.7. The van der Waals surface area contributed by atoms with Crippen LogP contribution in [0.4, 0.5) is 0 Å². The minimum Gasteiger partial charge on any atom is -0.496 e. The van der Waals surface area contributed by atoms with Crippen molar-refractivity contribution in [2.45, 2.75) is 26.4 Å². The van der Waals surface area contributed by atoms with Crippen LogP contribution in [0.2, 0.25) is 0 Å². The number of hydrogen-bond donors (Lipinski definition) is 0. The van der Waals surface area contributed by atoms with Gasteiger partial charge in [0.1, 0.15) is 5.75 Å². The van der Waals surface area contributed by atoms with Crippen LogP contribution in [-0.4, -0.2) is 26.3 Å². The summed E-state index contributed by atoms with van der Waals surface area (Å²) < 4.78 is 22.5. The van der Waals surface area contributed by atoms with Gasteiger partial charge in [0.05, 0.1) is 26.7 Å². The predicted molar refractivity (Wildman–Crippen MR) is 93.4 cm³/mol. The molecule has 0 spiro atoms. The first-order valence-corrected chi connectivity index (χ1v) is 8.42. The highest BCUT2D eigenvalue weighted by atomic mass is 16.5. The molecule has 0 amide bonds. The molecule has 1 atom stereocenters. The van der Waals surface area contributed by atoms with Crippen molar-refractivity contribution in [3.63, 3.8) is 0 Å². The van der Waals surface area contributed by atoms with Crippen molar-refractivity contribution >= 4 is 5.97 Å². The Morgan fingerprint density at radius 1 is 1.00 bits per heavy atom. The first-order valence-electron chi connectivity index (χ1n) is 8.42. The third kappa shape index (κ3) is 3.40. The van der Waals surface area contributed by atoms with E-state index in [0.717, 1.165) is 16.7 Å². The first-order chi connectivity index (χ1) is 12.2. The van der Waals surface area contributed by atoms with Crippen molar-refractivity contribution in [1.29, 1.82) is 0 Å². The van der Waals surface area contributed by atoms with E-state index in [1.807, 2.05) is 50.2 Å². The Balaban J connectivity index is 2.13. The fraction of sp³-hybridized carbons (Fsp3) is 0.350. The molecule has 132 valence electrons. The van der Waals surface area contributed by atoms with Crippen LogP contribution in [-0.2, 0) is 16.0 Å². The lowest BCUT2D eigenvalue weighted by atomic mass is 9.91. The van der Waals surface area contributed by atoms with Gasteiger partial charge in [0.25, 0.3) is 0 Å². The Labute approximate surface area is 147 Å². The number of cyclic esters (lactones) is 1. The molecule has 2 aromatic carbocycles. The van der Waals surface area contributed by atoms with Crippen molar-refractivity contribution in [2.75, 3.05) is 20.3 Å². The number of hydrogen-bond acceptors (Lipinski definition) is 5. The number of methoxy groups -OCH3 is 1. The van der Waals surface area contributed by atoms with E-state index in [-0.39, 0.29) is 12.4 Å². The van der Waals surface area contributed by atoms with Crippen molar-refractivity contribution in [2.24, 2.45) is 0 Å². The summed E-state index contributed by atoms with van der Waals surface area (Å²) in [6.07, 6.45) is -0.310. The molecule has 0 aromatic heterocycles. The molecule has 2 aromatic rings. The molecule has 3 rings (SSSR count). The van der Waals surface area contributed by atoms with Crippen molar-refractivity contribution in [3.8, 4) is 17.2 Å². The van der Waals surface area contributed by atoms with Crippen LogP contribution in [0.15, 0.2) is 36.4 Å². The highest BCUT2D eigenvalue weighted by Crippen LogP contribution is 2.42. The van der Waals surface area contributed by atoms with E-state index in [9.17, 15) is 4.79 Å². The molecule has 1 heterocycles. The second-order valence-corrected chi connectivity index (χ2v) is 5.65. The number of carbonyl (C=O) groups excluding carboxylic acids is 1. The summed E-state index contributed by atoms with van der Waals surface area (Å²) in [6, 6.07) is 11.3. The lowest BCUT2D eigenvalue weighted by Crippen LogP contribution is -2.23. The molecule has 0 aliphatic carbocycles. The number of benzene rings is 2. The zero-order chi connectivity index (χ0) is 17.8. The molecule has 0 saturated carbocycles. The Kier molecular flexibility index (Phi) is 5.12. The summed E-state index contributed by atoms with van der Waals surface area (Å²) in [7, 11) is 1.61. The minimum absolute atomic E-state index is 0.216. The molecule has 0 unspecified atom stereocenters. The van der Waals surface area contributed by atoms with Gasteiger partial charge in [0.2, 0.25) is 0 Å². The Hall–Kier alpha value is -2.69. The van der Waals surface area contributed by atoms with Crippen LogP contribution < -0.4 is 14.2 Å². The Morgan fingerprint density at radius 2 is 1.68 bits per heavy atom. The lowest BCUT2D eigenvalue weighted by Gasteiger charge is -2.28. The average molecular weight is 342 g/mol. The standard InChI is InChI=1S/C20H22O5/c1-4-23-17-10-13-11-19(21)25-20(15(13)12-18(17)24-5-2)14-8-6-7-9-16(14)22-3/h6-10,12,20H,4-5,11H2,1-3H3/t20-/m0/s1. The number of esters is 1. The molecule has 0 saturated heterocycles. The van der Waals surface area contributed by atoms with E-state index in [1.165, 1.54) is 0 Å². The number of para-hydroxylation sites is 1. The molecule has 25 heavy (non-hydrogen) atoms. The summed E-state index contributed by atoms with van der Waals surface area (Å²) >= 11 is 0. The highest BCUT2D eigenvalue weighted by Gasteiger charge is 2.31. The topological polar surface area (TPSA) is 54.0 Å². The fourth-order valence-electron chi connectivity index (χ4n) is 3.06. The second-order valence-electron chi connectivity index (χ2n) is 5.65. The van der Waals surface area contributed by atoms with Crippen molar-refractivity contribution in [1.82, 2.24) is 0 Å². The summed E-state index contributed by atoms with van der Waals surface area (Å²) in [5.41, 5.74) is 2.60. The van der Waals surface area contributed by atoms with Gasteiger partial charge >= 0.3 is 5.97 Å². The fourth-order valence-corrected chi connectivity index (χ4v) is 3.06. The highest BCUT2D eigenvalue weighted by molar-refractivity contribution is 5.77. The molecule has 1 aliphatic rings. The molecule has 0 radical (unpaired) electrons. The summed E-state index contributed by atoms with van der Waals surface area (Å²) in [6.45, 7) is 4.89. The van der Waals surface area contributed by atoms with Crippen molar-refractivity contribution < 1.29 is 23.7 Å². The van der Waals surface area contributed by atoms with Crippen LogP contribution in [0.25, 0.3) is 0 Å². The normalized spacial score (nSPS) is 16.0. The van der Waals surface area contributed by atoms with Crippen LogP contribution in [0, 0.1) is 0 Å². The molecule has 0 N–H and O–H groups in total. The monoisotopic (exact) mass is 342 g/mol. The van der Waals surface area contributed by atoms with E-state index < -0.39 is 6.10 Å². The average Bonchev–Trinajstić information content (AvgIpc) is 2.62. The van der Waals surface area contributed by atoms with Gasteiger partial charge in [-0.25, -0.2) is 0 Å². The Morgan fingerprint density at radius 3 is 2.36 bits per heavy atom. The lowest BCUT2D eigenvalue weighted by molar-refractivity contribution is -0.148. The molecule has 0 fully saturated rings. The largest absolute Gasteiger partial charge is 0.496 e. The SMILES string of the molecule is CCOc1cc2c(cc1OCC)[C@H](c1ccccc1OC)OC(=O)C2. The summed E-state index contributed by atoms with van der Waals surface area (Å²) in [5, 5.41) is 0. The quantitative estimate of drug-likeness (QED) is 0.750. The van der Waals surface area contributed by atoms with E-state index >= 15 is 0 Å². The predicted octanol–water partition coefficient (Wildman–Crippen LogP) is 3.68. The number of carbonyl (C=O) groups is 1. The summed E-state index contributed by atoms with van der Waals surface area (Å²) in [5.74, 6) is 1.72. The van der Waals surface area contributed by atoms with Crippen LogP contribution >= 0.6 is 0 Å². The van der Waals surface area contributed by atoms with Crippen molar-refractivity contribution in [3.05, 3.63) is 53.1 Å². The van der Waals surface area contributed by atoms with Crippen LogP contribution in [0.5, 0.6) is 17.2 Å². The van der Waals surface area contributed by atoms with E-state index in [4.69, 9.17) is 18.9 Å². The summed E-state index contributed by atoms with van der Waals surface area (Å²) in [4.78, 5) is 12.2. The third-order valence-electron chi connectivity index (χ3n) is 4.09. The zero-order valence-electron chi connectivity index (χ0n) is 14.7.